The Bertz CT molecular complexity index is 1080. The number of hydrogen-bond donors (Lipinski definition) is 1. The molecule has 1 aliphatic rings. The third-order valence-corrected chi connectivity index (χ3v) is 6.76. The maximum absolute atomic E-state index is 13.4. The second-order valence-electron chi connectivity index (χ2n) is 8.18. The average Bonchev–Trinajstić information content (AvgIpc) is 3.29. The number of halogens is 1. The number of carbonyl (C=O) groups excluding carboxylic acids is 1. The Morgan fingerprint density at radius 3 is 2.70 bits per heavy atom. The lowest BCUT2D eigenvalue weighted by Crippen LogP contribution is -2.44. The number of benzene rings is 2. The van der Waals surface area contributed by atoms with E-state index in [2.05, 4.69) is 47.2 Å². The van der Waals surface area contributed by atoms with Crippen molar-refractivity contribution in [1.29, 1.82) is 0 Å². The second kappa shape index (κ2) is 11.0. The summed E-state index contributed by atoms with van der Waals surface area (Å²) in [5.74, 6) is -0.0589. The fourth-order valence-electron chi connectivity index (χ4n) is 3.98. The largest absolute Gasteiger partial charge is 0.379 e. The molecule has 1 fully saturated rings. The van der Waals surface area contributed by atoms with Crippen molar-refractivity contribution in [2.24, 2.45) is 0 Å². The van der Waals surface area contributed by atoms with Gasteiger partial charge in [0.2, 0.25) is 5.91 Å². The summed E-state index contributed by atoms with van der Waals surface area (Å²) in [6.45, 7) is 7.45. The molecule has 1 amide bonds. The molecule has 1 N–H and O–H groups in total. The average molecular weight is 469 g/mol. The number of imidazole rings is 1. The summed E-state index contributed by atoms with van der Waals surface area (Å²) in [5, 5.41) is 3.84. The Morgan fingerprint density at radius 1 is 1.18 bits per heavy atom. The van der Waals surface area contributed by atoms with Gasteiger partial charge in [0.25, 0.3) is 0 Å². The van der Waals surface area contributed by atoms with Crippen molar-refractivity contribution in [3.05, 3.63) is 77.4 Å². The van der Waals surface area contributed by atoms with Crippen molar-refractivity contribution in [3.63, 3.8) is 0 Å². The number of nitrogens with one attached hydrogen (secondary N) is 1. The van der Waals surface area contributed by atoms with E-state index in [1.807, 2.05) is 10.8 Å². The number of morpholine rings is 1. The van der Waals surface area contributed by atoms with Crippen LogP contribution in [-0.4, -0.2) is 59.0 Å². The number of carbonyl (C=O) groups is 1. The normalized spacial score (nSPS) is 15.4. The van der Waals surface area contributed by atoms with Crippen LogP contribution in [0, 0.1) is 19.7 Å². The van der Waals surface area contributed by atoms with Crippen molar-refractivity contribution in [2.45, 2.75) is 25.0 Å². The highest BCUT2D eigenvalue weighted by Gasteiger charge is 2.23. The summed E-state index contributed by atoms with van der Waals surface area (Å²) in [7, 11) is 0. The number of hydrogen-bond acceptors (Lipinski definition) is 5. The Labute approximate surface area is 198 Å². The monoisotopic (exact) mass is 468 g/mol. The molecule has 0 aliphatic carbocycles. The molecule has 1 saturated heterocycles. The van der Waals surface area contributed by atoms with Gasteiger partial charge in [-0.15, -0.1) is 0 Å². The zero-order chi connectivity index (χ0) is 23.2. The van der Waals surface area contributed by atoms with Crippen LogP contribution in [0.5, 0.6) is 0 Å². The SMILES string of the molecule is Cc1ccc(C)c(-n2ccnc2SCC(=O)NCC(c2ccc(F)cc2)N2CCOCC2)c1. The lowest BCUT2D eigenvalue weighted by molar-refractivity contribution is -0.118. The first-order chi connectivity index (χ1) is 16.0. The standard InChI is InChI=1S/C25H29FN4O2S/c1-18-3-4-19(2)22(15-18)30-10-9-27-25(30)33-17-24(31)28-16-23(29-11-13-32-14-12-29)20-5-7-21(26)8-6-20/h3-10,15,23H,11-14,16-17H2,1-2H3,(H,28,31). The van der Waals surface area contributed by atoms with E-state index in [0.29, 0.717) is 19.8 Å². The molecule has 1 atom stereocenters. The van der Waals surface area contributed by atoms with Crippen molar-refractivity contribution < 1.29 is 13.9 Å². The van der Waals surface area contributed by atoms with Crippen LogP contribution in [0.4, 0.5) is 4.39 Å². The topological polar surface area (TPSA) is 59.4 Å². The van der Waals surface area contributed by atoms with Gasteiger partial charge in [0, 0.05) is 32.0 Å². The number of ether oxygens (including phenoxy) is 1. The van der Waals surface area contributed by atoms with E-state index in [0.717, 1.165) is 35.1 Å². The minimum absolute atomic E-state index is 0.0274. The summed E-state index contributed by atoms with van der Waals surface area (Å²) in [5.41, 5.74) is 4.38. The predicted octanol–water partition coefficient (Wildman–Crippen LogP) is 3.91. The number of aryl methyl sites for hydroxylation is 2. The van der Waals surface area contributed by atoms with Gasteiger partial charge in [-0.2, -0.15) is 0 Å². The number of nitrogens with zero attached hydrogens (tertiary/aromatic N) is 3. The molecule has 1 unspecified atom stereocenters. The summed E-state index contributed by atoms with van der Waals surface area (Å²) in [6.07, 6.45) is 3.68. The first-order valence-corrected chi connectivity index (χ1v) is 12.1. The Kier molecular flexibility index (Phi) is 7.80. The van der Waals surface area contributed by atoms with E-state index in [1.54, 1.807) is 18.3 Å². The lowest BCUT2D eigenvalue weighted by Gasteiger charge is -2.35. The Balaban J connectivity index is 1.39. The van der Waals surface area contributed by atoms with Crippen LogP contribution in [-0.2, 0) is 9.53 Å². The number of thioether (sulfide) groups is 1. The molecule has 0 radical (unpaired) electrons. The van der Waals surface area contributed by atoms with Gasteiger partial charge < -0.3 is 10.1 Å². The first-order valence-electron chi connectivity index (χ1n) is 11.1. The molecule has 33 heavy (non-hydrogen) atoms. The second-order valence-corrected chi connectivity index (χ2v) is 9.12. The van der Waals surface area contributed by atoms with E-state index in [9.17, 15) is 9.18 Å². The van der Waals surface area contributed by atoms with Crippen LogP contribution in [0.2, 0.25) is 0 Å². The summed E-state index contributed by atoms with van der Waals surface area (Å²) in [4.78, 5) is 19.4. The maximum atomic E-state index is 13.4. The molecule has 2 heterocycles. The lowest BCUT2D eigenvalue weighted by atomic mass is 10.0. The highest BCUT2D eigenvalue weighted by molar-refractivity contribution is 7.99. The minimum Gasteiger partial charge on any atom is -0.379 e. The predicted molar refractivity (Wildman–Crippen MR) is 128 cm³/mol. The first kappa shape index (κ1) is 23.5. The molecule has 0 bridgehead atoms. The highest BCUT2D eigenvalue weighted by atomic mass is 32.2. The fraction of sp³-hybridized carbons (Fsp3) is 0.360. The molecule has 3 aromatic rings. The van der Waals surface area contributed by atoms with Crippen LogP contribution >= 0.6 is 11.8 Å². The van der Waals surface area contributed by atoms with Gasteiger partial charge in [-0.05, 0) is 48.7 Å². The molecule has 0 spiro atoms. The molecular formula is C25H29FN4O2S. The molecule has 174 valence electrons. The van der Waals surface area contributed by atoms with Crippen molar-refractivity contribution >= 4 is 17.7 Å². The Morgan fingerprint density at radius 2 is 1.94 bits per heavy atom. The van der Waals surface area contributed by atoms with Crippen LogP contribution in [0.25, 0.3) is 5.69 Å². The third-order valence-electron chi connectivity index (χ3n) is 5.80. The van der Waals surface area contributed by atoms with Gasteiger partial charge in [-0.1, -0.05) is 36.0 Å². The van der Waals surface area contributed by atoms with E-state index >= 15 is 0 Å². The van der Waals surface area contributed by atoms with E-state index in [4.69, 9.17) is 4.74 Å². The van der Waals surface area contributed by atoms with Crippen LogP contribution in [0.1, 0.15) is 22.7 Å². The third kappa shape index (κ3) is 6.01. The van der Waals surface area contributed by atoms with E-state index < -0.39 is 0 Å². The molecule has 4 rings (SSSR count). The molecule has 1 aromatic heterocycles. The van der Waals surface area contributed by atoms with Crippen LogP contribution in [0.3, 0.4) is 0 Å². The van der Waals surface area contributed by atoms with Crippen LogP contribution in [0.15, 0.2) is 60.0 Å². The van der Waals surface area contributed by atoms with Gasteiger partial charge in [-0.3, -0.25) is 14.3 Å². The summed E-state index contributed by atoms with van der Waals surface area (Å²) >= 11 is 1.41. The van der Waals surface area contributed by atoms with Gasteiger partial charge in [-0.25, -0.2) is 9.37 Å². The summed E-state index contributed by atoms with van der Waals surface area (Å²) in [6, 6.07) is 12.8. The van der Waals surface area contributed by atoms with E-state index in [-0.39, 0.29) is 23.5 Å². The van der Waals surface area contributed by atoms with Crippen molar-refractivity contribution in [2.75, 3.05) is 38.6 Å². The van der Waals surface area contributed by atoms with Gasteiger partial charge >= 0.3 is 0 Å². The quantitative estimate of drug-likeness (QED) is 0.508. The number of aromatic nitrogens is 2. The zero-order valence-corrected chi connectivity index (χ0v) is 19.8. The van der Waals surface area contributed by atoms with Gasteiger partial charge in [0.05, 0.1) is 30.7 Å². The number of amides is 1. The maximum Gasteiger partial charge on any atom is 0.230 e. The Hall–Kier alpha value is -2.68. The molecule has 1 aliphatic heterocycles. The van der Waals surface area contributed by atoms with Gasteiger partial charge in [0.15, 0.2) is 5.16 Å². The van der Waals surface area contributed by atoms with Crippen molar-refractivity contribution in [1.82, 2.24) is 19.8 Å². The smallest absolute Gasteiger partial charge is 0.230 e. The zero-order valence-electron chi connectivity index (χ0n) is 19.0. The summed E-state index contributed by atoms with van der Waals surface area (Å²) < 4.78 is 20.9. The molecule has 2 aromatic carbocycles. The van der Waals surface area contributed by atoms with Gasteiger partial charge in [0.1, 0.15) is 5.82 Å². The van der Waals surface area contributed by atoms with Crippen LogP contribution < -0.4 is 5.32 Å². The highest BCUT2D eigenvalue weighted by Crippen LogP contribution is 2.24. The number of rotatable bonds is 8. The molecule has 8 heteroatoms. The van der Waals surface area contributed by atoms with E-state index in [1.165, 1.54) is 29.5 Å². The molecule has 0 saturated carbocycles. The fourth-order valence-corrected chi connectivity index (χ4v) is 4.78. The molecular weight excluding hydrogens is 439 g/mol. The molecule has 6 nitrogen and oxygen atoms in total. The van der Waals surface area contributed by atoms with Crippen molar-refractivity contribution in [3.8, 4) is 5.69 Å². The minimum atomic E-state index is -0.265.